The number of amides is 1. The first kappa shape index (κ1) is 18.5. The van der Waals surface area contributed by atoms with E-state index in [0.29, 0.717) is 17.7 Å². The summed E-state index contributed by atoms with van der Waals surface area (Å²) in [4.78, 5) is 14.3. The van der Waals surface area contributed by atoms with Crippen LogP contribution in [0.15, 0.2) is 0 Å². The van der Waals surface area contributed by atoms with Crippen molar-refractivity contribution >= 4 is 5.91 Å². The first-order valence-electron chi connectivity index (χ1n) is 9.41. The Balaban J connectivity index is 1.98. The molecule has 0 radical (unpaired) electrons. The van der Waals surface area contributed by atoms with Crippen molar-refractivity contribution in [2.75, 3.05) is 13.1 Å². The maximum absolute atomic E-state index is 12.2. The molecular weight excluding hydrogens is 258 g/mol. The molecule has 0 aliphatic carbocycles. The summed E-state index contributed by atoms with van der Waals surface area (Å²) in [5, 5.41) is 0. The Kier molecular flexibility index (Phi) is 9.78. The van der Waals surface area contributed by atoms with Crippen molar-refractivity contribution < 1.29 is 4.79 Å². The van der Waals surface area contributed by atoms with E-state index in [9.17, 15) is 4.79 Å². The van der Waals surface area contributed by atoms with Gasteiger partial charge < -0.3 is 4.90 Å². The number of likely N-dealkylation sites (tertiary alicyclic amines) is 1. The molecule has 1 fully saturated rings. The highest BCUT2D eigenvalue weighted by Crippen LogP contribution is 2.22. The van der Waals surface area contributed by atoms with Gasteiger partial charge in [-0.3, -0.25) is 4.79 Å². The lowest BCUT2D eigenvalue weighted by Crippen LogP contribution is -2.42. The Morgan fingerprint density at radius 1 is 0.857 bits per heavy atom. The monoisotopic (exact) mass is 295 g/mol. The van der Waals surface area contributed by atoms with Crippen LogP contribution in [0.2, 0.25) is 0 Å². The number of piperidine rings is 1. The van der Waals surface area contributed by atoms with Crippen LogP contribution in [-0.2, 0) is 4.79 Å². The van der Waals surface area contributed by atoms with Crippen LogP contribution in [-0.4, -0.2) is 23.9 Å². The van der Waals surface area contributed by atoms with E-state index in [1.165, 1.54) is 57.8 Å². The van der Waals surface area contributed by atoms with E-state index in [1.54, 1.807) is 0 Å². The standard InChI is InChI=1S/C19H37NO/c1-4-5-6-7-8-9-10-11-12-13-19(21)20-15-17(2)14-18(3)16-20/h17-18H,4-16H2,1-3H3. The van der Waals surface area contributed by atoms with Gasteiger partial charge in [0.1, 0.15) is 0 Å². The van der Waals surface area contributed by atoms with Crippen LogP contribution >= 0.6 is 0 Å². The van der Waals surface area contributed by atoms with Crippen LogP contribution < -0.4 is 0 Å². The zero-order valence-electron chi connectivity index (χ0n) is 14.7. The molecule has 0 saturated carbocycles. The molecule has 1 heterocycles. The molecule has 1 rings (SSSR count). The van der Waals surface area contributed by atoms with Gasteiger partial charge in [0.25, 0.3) is 0 Å². The summed E-state index contributed by atoms with van der Waals surface area (Å²) >= 11 is 0. The summed E-state index contributed by atoms with van der Waals surface area (Å²) in [6.07, 6.45) is 14.0. The number of hydrogen-bond donors (Lipinski definition) is 0. The predicted molar refractivity (Wildman–Crippen MR) is 91.4 cm³/mol. The second-order valence-corrected chi connectivity index (χ2v) is 7.32. The molecule has 2 unspecified atom stereocenters. The van der Waals surface area contributed by atoms with E-state index >= 15 is 0 Å². The molecule has 124 valence electrons. The lowest BCUT2D eigenvalue weighted by atomic mass is 9.91. The van der Waals surface area contributed by atoms with Crippen molar-refractivity contribution in [1.29, 1.82) is 0 Å². The fraction of sp³-hybridized carbons (Fsp3) is 0.947. The molecule has 2 heteroatoms. The number of unbranched alkanes of at least 4 members (excludes halogenated alkanes) is 8. The van der Waals surface area contributed by atoms with Gasteiger partial charge >= 0.3 is 0 Å². The Labute approximate surface area is 132 Å². The third kappa shape index (κ3) is 8.48. The Hall–Kier alpha value is -0.530. The highest BCUT2D eigenvalue weighted by molar-refractivity contribution is 5.76. The van der Waals surface area contributed by atoms with Crippen LogP contribution in [0.4, 0.5) is 0 Å². The van der Waals surface area contributed by atoms with Crippen LogP contribution in [0.5, 0.6) is 0 Å². The van der Waals surface area contributed by atoms with Crippen LogP contribution in [0.25, 0.3) is 0 Å². The third-order valence-electron chi connectivity index (χ3n) is 4.72. The topological polar surface area (TPSA) is 20.3 Å². The summed E-state index contributed by atoms with van der Waals surface area (Å²) in [7, 11) is 0. The minimum atomic E-state index is 0.399. The van der Waals surface area contributed by atoms with E-state index in [0.717, 1.165) is 25.9 Å². The molecule has 0 bridgehead atoms. The maximum Gasteiger partial charge on any atom is 0.222 e. The molecule has 2 atom stereocenters. The highest BCUT2D eigenvalue weighted by Gasteiger charge is 2.24. The number of rotatable bonds is 10. The molecular formula is C19H37NO. The van der Waals surface area contributed by atoms with Crippen LogP contribution in [0.1, 0.15) is 91.4 Å². The largest absolute Gasteiger partial charge is 0.342 e. The summed E-state index contributed by atoms with van der Waals surface area (Å²) in [6, 6.07) is 0. The van der Waals surface area contributed by atoms with Gasteiger partial charge in [-0.15, -0.1) is 0 Å². The van der Waals surface area contributed by atoms with E-state index in [-0.39, 0.29) is 0 Å². The van der Waals surface area contributed by atoms with Crippen LogP contribution in [0, 0.1) is 11.8 Å². The molecule has 1 aliphatic rings. The Bertz CT molecular complexity index is 267. The molecule has 0 spiro atoms. The van der Waals surface area contributed by atoms with E-state index in [4.69, 9.17) is 0 Å². The van der Waals surface area contributed by atoms with Gasteiger partial charge in [0.15, 0.2) is 0 Å². The summed E-state index contributed by atoms with van der Waals surface area (Å²) in [5.74, 6) is 1.76. The fourth-order valence-corrected chi connectivity index (χ4v) is 3.61. The molecule has 0 aromatic carbocycles. The van der Waals surface area contributed by atoms with Crippen molar-refractivity contribution in [1.82, 2.24) is 4.90 Å². The fourth-order valence-electron chi connectivity index (χ4n) is 3.61. The quantitative estimate of drug-likeness (QED) is 0.493. The zero-order chi connectivity index (χ0) is 15.5. The number of carbonyl (C=O) groups excluding carboxylic acids is 1. The number of carbonyl (C=O) groups is 1. The average Bonchev–Trinajstić information content (AvgIpc) is 2.44. The van der Waals surface area contributed by atoms with Crippen molar-refractivity contribution in [2.45, 2.75) is 91.4 Å². The third-order valence-corrected chi connectivity index (χ3v) is 4.72. The molecule has 0 aromatic heterocycles. The average molecular weight is 296 g/mol. The minimum Gasteiger partial charge on any atom is -0.342 e. The van der Waals surface area contributed by atoms with Gasteiger partial charge in [0, 0.05) is 19.5 Å². The van der Waals surface area contributed by atoms with E-state index in [2.05, 4.69) is 25.7 Å². The molecule has 0 N–H and O–H groups in total. The Morgan fingerprint density at radius 3 is 1.86 bits per heavy atom. The lowest BCUT2D eigenvalue weighted by Gasteiger charge is -2.35. The number of nitrogens with zero attached hydrogens (tertiary/aromatic N) is 1. The van der Waals surface area contributed by atoms with Gasteiger partial charge in [-0.05, 0) is 24.7 Å². The summed E-state index contributed by atoms with van der Waals surface area (Å²) in [6.45, 7) is 8.78. The normalized spacial score (nSPS) is 22.5. The minimum absolute atomic E-state index is 0.399. The molecule has 2 nitrogen and oxygen atoms in total. The smallest absolute Gasteiger partial charge is 0.222 e. The molecule has 1 saturated heterocycles. The summed E-state index contributed by atoms with van der Waals surface area (Å²) < 4.78 is 0. The van der Waals surface area contributed by atoms with Crippen molar-refractivity contribution in [3.05, 3.63) is 0 Å². The second-order valence-electron chi connectivity index (χ2n) is 7.32. The van der Waals surface area contributed by atoms with Crippen molar-refractivity contribution in [2.24, 2.45) is 11.8 Å². The second kappa shape index (κ2) is 11.1. The number of hydrogen-bond acceptors (Lipinski definition) is 1. The van der Waals surface area contributed by atoms with Gasteiger partial charge in [-0.25, -0.2) is 0 Å². The first-order chi connectivity index (χ1) is 10.1. The SMILES string of the molecule is CCCCCCCCCCCC(=O)N1CC(C)CC(C)C1. The maximum atomic E-state index is 12.2. The van der Waals surface area contributed by atoms with Gasteiger partial charge in [0.2, 0.25) is 5.91 Å². The van der Waals surface area contributed by atoms with Gasteiger partial charge in [-0.1, -0.05) is 72.1 Å². The highest BCUT2D eigenvalue weighted by atomic mass is 16.2. The molecule has 1 aliphatic heterocycles. The lowest BCUT2D eigenvalue weighted by molar-refractivity contribution is -0.134. The Morgan fingerprint density at radius 2 is 1.33 bits per heavy atom. The molecule has 21 heavy (non-hydrogen) atoms. The molecule has 1 amide bonds. The zero-order valence-corrected chi connectivity index (χ0v) is 14.7. The van der Waals surface area contributed by atoms with Crippen LogP contribution in [0.3, 0.4) is 0 Å². The summed E-state index contributed by atoms with van der Waals surface area (Å²) in [5.41, 5.74) is 0. The van der Waals surface area contributed by atoms with Crippen molar-refractivity contribution in [3.8, 4) is 0 Å². The van der Waals surface area contributed by atoms with Crippen molar-refractivity contribution in [3.63, 3.8) is 0 Å². The van der Waals surface area contributed by atoms with E-state index < -0.39 is 0 Å². The first-order valence-corrected chi connectivity index (χ1v) is 9.41. The molecule has 0 aromatic rings. The van der Waals surface area contributed by atoms with Gasteiger partial charge in [0.05, 0.1) is 0 Å². The van der Waals surface area contributed by atoms with Gasteiger partial charge in [-0.2, -0.15) is 0 Å². The van der Waals surface area contributed by atoms with E-state index in [1.807, 2.05) is 0 Å². The predicted octanol–water partition coefficient (Wildman–Crippen LogP) is 5.41.